The maximum absolute atomic E-state index is 12.3. The summed E-state index contributed by atoms with van der Waals surface area (Å²) in [5.41, 5.74) is 6.91. The molecule has 0 bridgehead atoms. The third-order valence-corrected chi connectivity index (χ3v) is 6.23. The quantitative estimate of drug-likeness (QED) is 0.682. The number of benzene rings is 1. The van der Waals surface area contributed by atoms with Crippen LogP contribution in [0.25, 0.3) is 0 Å². The molecule has 2 aliphatic rings. The van der Waals surface area contributed by atoms with Crippen LogP contribution >= 0.6 is 11.3 Å². The summed E-state index contributed by atoms with van der Waals surface area (Å²) in [6, 6.07) is 13.9. The van der Waals surface area contributed by atoms with Gasteiger partial charge < -0.3 is 5.32 Å². The molecule has 1 aromatic carbocycles. The van der Waals surface area contributed by atoms with E-state index in [-0.39, 0.29) is 6.03 Å². The highest BCUT2D eigenvalue weighted by Crippen LogP contribution is 2.22. The summed E-state index contributed by atoms with van der Waals surface area (Å²) in [6.07, 6.45) is 5.29. The average molecular weight is 413 g/mol. The van der Waals surface area contributed by atoms with Gasteiger partial charge in [-0.25, -0.2) is 15.2 Å². The molecule has 0 unspecified atom stereocenters. The van der Waals surface area contributed by atoms with E-state index in [9.17, 15) is 4.79 Å². The molecule has 154 valence electrons. The van der Waals surface area contributed by atoms with Crippen molar-refractivity contribution in [2.75, 3.05) is 19.8 Å². The number of nitrogens with zero attached hydrogens (tertiary/aromatic N) is 3. The Bertz CT molecular complexity index is 829. The van der Waals surface area contributed by atoms with Gasteiger partial charge in [-0.3, -0.25) is 10.3 Å². The molecule has 2 aromatic rings. The second-order valence-electron chi connectivity index (χ2n) is 7.42. The molecule has 29 heavy (non-hydrogen) atoms. The van der Waals surface area contributed by atoms with Crippen molar-refractivity contribution in [3.63, 3.8) is 0 Å². The second kappa shape index (κ2) is 9.76. The number of nitrogens with one attached hydrogen (secondary N) is 3. The average Bonchev–Trinajstić information content (AvgIpc) is 3.31. The van der Waals surface area contributed by atoms with Gasteiger partial charge in [-0.2, -0.15) is 5.10 Å². The van der Waals surface area contributed by atoms with E-state index < -0.39 is 0 Å². The summed E-state index contributed by atoms with van der Waals surface area (Å²) < 4.78 is 0. The zero-order valence-electron chi connectivity index (χ0n) is 16.6. The van der Waals surface area contributed by atoms with Gasteiger partial charge in [0.15, 0.2) is 5.84 Å². The summed E-state index contributed by atoms with van der Waals surface area (Å²) in [5.74, 6) is 0.756. The molecule has 8 heteroatoms. The fourth-order valence-corrected chi connectivity index (χ4v) is 4.68. The highest BCUT2D eigenvalue weighted by molar-refractivity contribution is 7.14. The van der Waals surface area contributed by atoms with Gasteiger partial charge in [0, 0.05) is 18.0 Å². The molecule has 0 radical (unpaired) electrons. The number of hydrazine groups is 1. The standard InChI is InChI=1S/C21H28N6OS/c28-21(22-14-17-8-4-3-5-9-17)25-27-16-23-24-20(27)19-11-10-18(29-19)15-26-12-6-1-2-7-13-26/h3-5,8-11,23H,1-2,6-7,12-16H2,(H2,22,25,28). The lowest BCUT2D eigenvalue weighted by molar-refractivity contribution is 0.217. The highest BCUT2D eigenvalue weighted by Gasteiger charge is 2.22. The number of carbonyl (C=O) groups excluding carboxylic acids is 1. The number of rotatable bonds is 6. The lowest BCUT2D eigenvalue weighted by atomic mass is 10.2. The number of amidine groups is 1. The van der Waals surface area contributed by atoms with Crippen LogP contribution in [0.1, 0.15) is 41.0 Å². The molecule has 3 N–H and O–H groups in total. The van der Waals surface area contributed by atoms with Crippen molar-refractivity contribution in [3.8, 4) is 0 Å². The lowest BCUT2D eigenvalue weighted by Crippen LogP contribution is -2.49. The fraction of sp³-hybridized carbons (Fsp3) is 0.429. The van der Waals surface area contributed by atoms with E-state index in [0.29, 0.717) is 13.2 Å². The van der Waals surface area contributed by atoms with Crippen LogP contribution in [0, 0.1) is 0 Å². The lowest BCUT2D eigenvalue weighted by Gasteiger charge is -2.20. The Hall–Kier alpha value is -2.58. The maximum Gasteiger partial charge on any atom is 0.333 e. The van der Waals surface area contributed by atoms with Crippen molar-refractivity contribution in [2.24, 2.45) is 5.10 Å². The molecule has 4 rings (SSSR count). The van der Waals surface area contributed by atoms with Gasteiger partial charge in [0.05, 0.1) is 4.88 Å². The Balaban J connectivity index is 1.31. The SMILES string of the molecule is O=C(NCc1ccccc1)NN1CNN=C1c1ccc(CN2CCCCCC2)s1. The number of hydrogen-bond donors (Lipinski definition) is 3. The van der Waals surface area contributed by atoms with E-state index in [0.717, 1.165) is 22.8 Å². The van der Waals surface area contributed by atoms with Crippen LogP contribution in [0.4, 0.5) is 4.79 Å². The monoisotopic (exact) mass is 412 g/mol. The third kappa shape index (κ3) is 5.48. The first-order chi connectivity index (χ1) is 14.3. The van der Waals surface area contributed by atoms with Gasteiger partial charge in [0.2, 0.25) is 0 Å². The smallest absolute Gasteiger partial charge is 0.333 e. The molecule has 0 spiro atoms. The second-order valence-corrected chi connectivity index (χ2v) is 8.58. The van der Waals surface area contributed by atoms with Crippen LogP contribution in [0.15, 0.2) is 47.6 Å². The minimum atomic E-state index is -0.244. The Labute approximate surface area is 175 Å². The van der Waals surface area contributed by atoms with E-state index >= 15 is 0 Å². The van der Waals surface area contributed by atoms with Gasteiger partial charge >= 0.3 is 6.03 Å². The predicted octanol–water partition coefficient (Wildman–Crippen LogP) is 3.06. The number of urea groups is 1. The molecule has 2 aliphatic heterocycles. The number of thiophene rings is 1. The summed E-state index contributed by atoms with van der Waals surface area (Å²) in [5, 5.41) is 9.02. The topological polar surface area (TPSA) is 72.0 Å². The van der Waals surface area contributed by atoms with E-state index in [1.54, 1.807) is 16.3 Å². The molecule has 2 amide bonds. The van der Waals surface area contributed by atoms with Gasteiger partial charge in [0.25, 0.3) is 0 Å². The molecule has 0 saturated carbocycles. The van der Waals surface area contributed by atoms with Gasteiger partial charge in [-0.05, 0) is 43.6 Å². The van der Waals surface area contributed by atoms with Gasteiger partial charge in [-0.1, -0.05) is 43.2 Å². The molecule has 7 nitrogen and oxygen atoms in total. The Kier molecular flexibility index (Phi) is 6.63. The molecule has 1 aromatic heterocycles. The first-order valence-electron chi connectivity index (χ1n) is 10.3. The molecular formula is C21H28N6OS. The summed E-state index contributed by atoms with van der Waals surface area (Å²) in [7, 11) is 0. The normalized spacial score (nSPS) is 17.4. The zero-order valence-corrected chi connectivity index (χ0v) is 17.4. The van der Waals surface area contributed by atoms with E-state index in [4.69, 9.17) is 0 Å². The Morgan fingerprint density at radius 3 is 2.66 bits per heavy atom. The molecule has 1 fully saturated rings. The van der Waals surface area contributed by atoms with Gasteiger partial charge in [-0.15, -0.1) is 11.3 Å². The minimum Gasteiger partial charge on any atom is -0.333 e. The first kappa shape index (κ1) is 19.7. The highest BCUT2D eigenvalue weighted by atomic mass is 32.1. The summed E-state index contributed by atoms with van der Waals surface area (Å²) >= 11 is 1.75. The van der Waals surface area contributed by atoms with Crippen LogP contribution in [0.5, 0.6) is 0 Å². The van der Waals surface area contributed by atoms with Crippen LogP contribution < -0.4 is 16.2 Å². The van der Waals surface area contributed by atoms with Crippen molar-refractivity contribution in [3.05, 3.63) is 57.8 Å². The molecule has 0 atom stereocenters. The van der Waals surface area contributed by atoms with Crippen LogP contribution in [0.2, 0.25) is 0 Å². The Morgan fingerprint density at radius 1 is 1.07 bits per heavy atom. The number of hydrazone groups is 1. The van der Waals surface area contributed by atoms with E-state index in [2.05, 4.69) is 38.3 Å². The summed E-state index contributed by atoms with van der Waals surface area (Å²) in [6.45, 7) is 4.30. The first-order valence-corrected chi connectivity index (χ1v) is 11.1. The van der Waals surface area contributed by atoms with Crippen molar-refractivity contribution in [1.82, 2.24) is 26.1 Å². The molecule has 1 saturated heterocycles. The van der Waals surface area contributed by atoms with Crippen LogP contribution in [0.3, 0.4) is 0 Å². The zero-order chi connectivity index (χ0) is 19.9. The van der Waals surface area contributed by atoms with Crippen molar-refractivity contribution in [1.29, 1.82) is 0 Å². The van der Waals surface area contributed by atoms with Crippen molar-refractivity contribution in [2.45, 2.75) is 38.8 Å². The van der Waals surface area contributed by atoms with Crippen LogP contribution in [-0.4, -0.2) is 41.5 Å². The van der Waals surface area contributed by atoms with E-state index in [1.165, 1.54) is 43.6 Å². The third-order valence-electron chi connectivity index (χ3n) is 5.16. The number of amides is 2. The molecule has 0 aliphatic carbocycles. The Morgan fingerprint density at radius 2 is 1.86 bits per heavy atom. The number of carbonyl (C=O) groups is 1. The number of hydrogen-bond acceptors (Lipinski definition) is 6. The number of likely N-dealkylation sites (tertiary alicyclic amines) is 1. The van der Waals surface area contributed by atoms with E-state index in [1.807, 2.05) is 30.3 Å². The van der Waals surface area contributed by atoms with Crippen molar-refractivity contribution < 1.29 is 4.79 Å². The molecule has 3 heterocycles. The van der Waals surface area contributed by atoms with Crippen molar-refractivity contribution >= 4 is 23.2 Å². The predicted molar refractivity (Wildman–Crippen MR) is 116 cm³/mol. The maximum atomic E-state index is 12.3. The largest absolute Gasteiger partial charge is 0.333 e. The molecular weight excluding hydrogens is 384 g/mol. The van der Waals surface area contributed by atoms with Gasteiger partial charge in [0.1, 0.15) is 6.67 Å². The fourth-order valence-electron chi connectivity index (χ4n) is 3.63. The summed E-state index contributed by atoms with van der Waals surface area (Å²) in [4.78, 5) is 17.2. The minimum absolute atomic E-state index is 0.244. The van der Waals surface area contributed by atoms with Crippen LogP contribution in [-0.2, 0) is 13.1 Å².